The van der Waals surface area contributed by atoms with E-state index < -0.39 is 5.97 Å². The minimum Gasteiger partial charge on any atom is -0.462 e. The Kier molecular flexibility index (Phi) is 6.04. The van der Waals surface area contributed by atoms with Crippen molar-refractivity contribution in [2.24, 2.45) is 0 Å². The lowest BCUT2D eigenvalue weighted by molar-refractivity contribution is 0.0525. The molecule has 0 saturated carbocycles. The Morgan fingerprint density at radius 1 is 1.26 bits per heavy atom. The number of rotatable bonds is 6. The molecule has 2 aromatic heterocycles. The molecule has 1 atom stereocenters. The van der Waals surface area contributed by atoms with Crippen molar-refractivity contribution >= 4 is 23.5 Å². The summed E-state index contributed by atoms with van der Waals surface area (Å²) in [7, 11) is 0. The van der Waals surface area contributed by atoms with Crippen molar-refractivity contribution in [1.29, 1.82) is 0 Å². The Hall–Kier alpha value is -2.09. The predicted octanol–water partition coefficient (Wildman–Crippen LogP) is 3.49. The van der Waals surface area contributed by atoms with Gasteiger partial charge in [-0.15, -0.1) is 10.2 Å². The second-order valence-electron chi connectivity index (χ2n) is 6.83. The highest BCUT2D eigenvalue weighted by Crippen LogP contribution is 2.29. The number of aryl methyl sites for hydroxylation is 2. The quantitative estimate of drug-likeness (QED) is 0.461. The second-order valence-corrected chi connectivity index (χ2v) is 8.14. The molecule has 1 aliphatic heterocycles. The van der Waals surface area contributed by atoms with E-state index in [9.17, 15) is 9.59 Å². The summed E-state index contributed by atoms with van der Waals surface area (Å²) < 4.78 is 7.24. The minimum atomic E-state index is -0.397. The van der Waals surface area contributed by atoms with Gasteiger partial charge >= 0.3 is 5.97 Å². The number of thioether (sulfide) groups is 1. The van der Waals surface area contributed by atoms with Gasteiger partial charge in [-0.2, -0.15) is 0 Å². The molecule has 0 fully saturated rings. The summed E-state index contributed by atoms with van der Waals surface area (Å²) in [5.41, 5.74) is 2.21. The molecular formula is C19H26N4O3S. The van der Waals surface area contributed by atoms with Crippen LogP contribution in [0, 0.1) is 13.8 Å². The second kappa shape index (κ2) is 8.29. The van der Waals surface area contributed by atoms with Crippen molar-refractivity contribution in [3.05, 3.63) is 28.3 Å². The molecule has 0 amide bonds. The third-order valence-electron chi connectivity index (χ3n) is 4.89. The molecule has 0 spiro atoms. The molecule has 146 valence electrons. The van der Waals surface area contributed by atoms with Crippen molar-refractivity contribution in [3.8, 4) is 0 Å². The van der Waals surface area contributed by atoms with E-state index in [4.69, 9.17) is 4.74 Å². The fourth-order valence-corrected chi connectivity index (χ4v) is 4.42. The lowest BCUT2D eigenvalue weighted by Crippen LogP contribution is -2.17. The first-order valence-corrected chi connectivity index (χ1v) is 10.3. The van der Waals surface area contributed by atoms with E-state index in [2.05, 4.69) is 19.7 Å². The summed E-state index contributed by atoms with van der Waals surface area (Å²) in [6.45, 7) is 8.40. The molecule has 1 aliphatic rings. The number of carbonyl (C=O) groups is 2. The predicted molar refractivity (Wildman–Crippen MR) is 103 cm³/mol. The van der Waals surface area contributed by atoms with Crippen LogP contribution in [0.25, 0.3) is 0 Å². The molecule has 0 unspecified atom stereocenters. The van der Waals surface area contributed by atoms with Crippen LogP contribution < -0.4 is 0 Å². The average Bonchev–Trinajstić information content (AvgIpc) is 3.04. The number of nitrogens with one attached hydrogen (secondary N) is 1. The van der Waals surface area contributed by atoms with Gasteiger partial charge in [0.25, 0.3) is 0 Å². The first-order valence-electron chi connectivity index (χ1n) is 9.43. The number of ketones is 1. The van der Waals surface area contributed by atoms with Crippen LogP contribution in [0.15, 0.2) is 5.16 Å². The molecule has 27 heavy (non-hydrogen) atoms. The van der Waals surface area contributed by atoms with E-state index in [1.165, 1.54) is 18.2 Å². The van der Waals surface area contributed by atoms with Gasteiger partial charge in [0.2, 0.25) is 0 Å². The van der Waals surface area contributed by atoms with Crippen LogP contribution in [0.2, 0.25) is 0 Å². The minimum absolute atomic E-state index is 0.0536. The number of fused-ring (bicyclic) bond motifs is 1. The molecule has 0 aliphatic carbocycles. The smallest absolute Gasteiger partial charge is 0.340 e. The van der Waals surface area contributed by atoms with E-state index >= 15 is 0 Å². The summed E-state index contributed by atoms with van der Waals surface area (Å²) in [6, 6.07) is 0. The highest BCUT2D eigenvalue weighted by Gasteiger charge is 2.27. The van der Waals surface area contributed by atoms with Gasteiger partial charge in [-0.1, -0.05) is 18.2 Å². The van der Waals surface area contributed by atoms with Crippen molar-refractivity contribution in [2.45, 2.75) is 70.3 Å². The number of ether oxygens (including phenoxy) is 1. The van der Waals surface area contributed by atoms with Crippen molar-refractivity contribution < 1.29 is 14.3 Å². The summed E-state index contributed by atoms with van der Waals surface area (Å²) in [5, 5.41) is 9.04. The van der Waals surface area contributed by atoms with Gasteiger partial charge in [-0.05, 0) is 46.1 Å². The normalized spacial score (nSPS) is 15.1. The van der Waals surface area contributed by atoms with E-state index in [1.807, 2.05) is 6.92 Å². The number of H-pyrrole nitrogens is 1. The van der Waals surface area contributed by atoms with Gasteiger partial charge in [-0.3, -0.25) is 4.79 Å². The van der Waals surface area contributed by atoms with Crippen LogP contribution in [0.1, 0.15) is 71.0 Å². The summed E-state index contributed by atoms with van der Waals surface area (Å²) in [6.07, 6.45) is 4.38. The molecule has 0 saturated heterocycles. The number of aromatic nitrogens is 4. The van der Waals surface area contributed by atoms with Crippen molar-refractivity contribution in [3.63, 3.8) is 0 Å². The fourth-order valence-electron chi connectivity index (χ4n) is 3.47. The van der Waals surface area contributed by atoms with E-state index in [0.29, 0.717) is 29.1 Å². The molecular weight excluding hydrogens is 364 g/mol. The highest BCUT2D eigenvalue weighted by atomic mass is 32.2. The van der Waals surface area contributed by atoms with E-state index in [-0.39, 0.29) is 11.0 Å². The zero-order valence-electron chi connectivity index (χ0n) is 16.3. The molecule has 0 bridgehead atoms. The third kappa shape index (κ3) is 3.95. The number of carbonyl (C=O) groups excluding carboxylic acids is 2. The summed E-state index contributed by atoms with van der Waals surface area (Å²) in [4.78, 5) is 28.3. The summed E-state index contributed by atoms with van der Waals surface area (Å²) >= 11 is 1.42. The first kappa shape index (κ1) is 19.7. The van der Waals surface area contributed by atoms with Gasteiger partial charge in [0.1, 0.15) is 5.82 Å². The molecule has 0 aromatic carbocycles. The van der Waals surface area contributed by atoms with Crippen molar-refractivity contribution in [1.82, 2.24) is 19.7 Å². The molecule has 2 aromatic rings. The van der Waals surface area contributed by atoms with Gasteiger partial charge < -0.3 is 14.3 Å². The van der Waals surface area contributed by atoms with Crippen LogP contribution >= 0.6 is 11.8 Å². The highest BCUT2D eigenvalue weighted by molar-refractivity contribution is 8.00. The molecule has 3 rings (SSSR count). The molecule has 1 N–H and O–H groups in total. The number of aromatic amines is 1. The Morgan fingerprint density at radius 2 is 2.04 bits per heavy atom. The van der Waals surface area contributed by atoms with Gasteiger partial charge in [-0.25, -0.2) is 4.79 Å². The number of hydrogen-bond donors (Lipinski definition) is 1. The molecule has 8 heteroatoms. The third-order valence-corrected chi connectivity index (χ3v) is 5.97. The lowest BCUT2D eigenvalue weighted by Gasteiger charge is -2.11. The van der Waals surface area contributed by atoms with E-state index in [1.54, 1.807) is 20.8 Å². The van der Waals surface area contributed by atoms with Gasteiger partial charge in [0, 0.05) is 18.7 Å². The van der Waals surface area contributed by atoms with Crippen molar-refractivity contribution in [2.75, 3.05) is 6.61 Å². The zero-order valence-corrected chi connectivity index (χ0v) is 17.1. The maximum atomic E-state index is 13.0. The SMILES string of the molecule is CCOC(=O)c1c(C)[nH]c(C(=O)[C@@H](C)Sc2nnc3n2CCCCC3)c1C. The van der Waals surface area contributed by atoms with Gasteiger partial charge in [0.15, 0.2) is 10.9 Å². The van der Waals surface area contributed by atoms with Crippen LogP contribution in [-0.4, -0.2) is 43.4 Å². The molecule has 3 heterocycles. The Morgan fingerprint density at radius 3 is 2.78 bits per heavy atom. The Labute approximate surface area is 163 Å². The fraction of sp³-hybridized carbons (Fsp3) is 0.579. The topological polar surface area (TPSA) is 89.9 Å². The Bertz CT molecular complexity index is 856. The van der Waals surface area contributed by atoms with Gasteiger partial charge in [0.05, 0.1) is 23.1 Å². The van der Waals surface area contributed by atoms with Crippen LogP contribution in [-0.2, 0) is 17.7 Å². The number of Topliss-reactive ketones (excluding diaryl/α,β-unsaturated/α-hetero) is 1. The summed E-state index contributed by atoms with van der Waals surface area (Å²) in [5.74, 6) is 0.555. The lowest BCUT2D eigenvalue weighted by atomic mass is 10.1. The Balaban J connectivity index is 1.80. The van der Waals surface area contributed by atoms with Crippen LogP contribution in [0.4, 0.5) is 0 Å². The van der Waals surface area contributed by atoms with Crippen LogP contribution in [0.3, 0.4) is 0 Å². The van der Waals surface area contributed by atoms with E-state index in [0.717, 1.165) is 36.8 Å². The molecule has 7 nitrogen and oxygen atoms in total. The monoisotopic (exact) mass is 390 g/mol. The number of nitrogens with zero attached hydrogens (tertiary/aromatic N) is 3. The molecule has 0 radical (unpaired) electrons. The standard InChI is InChI=1S/C19H26N4O3S/c1-5-26-18(25)15-11(2)16(20-12(15)3)17(24)13(4)27-19-22-21-14-9-7-6-8-10-23(14)19/h13,20H,5-10H2,1-4H3/t13-/m1/s1. The number of hydrogen-bond acceptors (Lipinski definition) is 6. The average molecular weight is 391 g/mol. The zero-order chi connectivity index (χ0) is 19.6. The maximum absolute atomic E-state index is 13.0. The number of esters is 1. The van der Waals surface area contributed by atoms with Crippen LogP contribution in [0.5, 0.6) is 0 Å². The first-order chi connectivity index (χ1) is 12.9. The maximum Gasteiger partial charge on any atom is 0.340 e. The largest absolute Gasteiger partial charge is 0.462 e.